The molecule has 1 aromatic carbocycles. The van der Waals surface area contributed by atoms with Gasteiger partial charge in [-0.1, -0.05) is 30.4 Å². The first-order valence-electron chi connectivity index (χ1n) is 3.68. The average Bonchev–Trinajstić information content (AvgIpc) is 2.40. The Kier molecular flexibility index (Phi) is 1.35. The molecule has 0 atom stereocenters. The molecule has 1 heteroatoms. The van der Waals surface area contributed by atoms with Crippen LogP contribution in [0.15, 0.2) is 29.1 Å². The zero-order valence-electron chi connectivity index (χ0n) is 6.08. The molecule has 0 saturated carbocycles. The van der Waals surface area contributed by atoms with Crippen LogP contribution in [0.25, 0.3) is 12.2 Å². The lowest BCUT2D eigenvalue weighted by molar-refractivity contribution is 1.52. The zero-order chi connectivity index (χ0) is 7.68. The predicted octanol–water partition coefficient (Wildman–Crippen LogP) is 0.0115. The van der Waals surface area contributed by atoms with E-state index in [1.165, 1.54) is 0 Å². The molecule has 0 spiro atoms. The van der Waals surface area contributed by atoms with Gasteiger partial charge in [0.2, 0.25) is 0 Å². The molecule has 0 aromatic heterocycles. The largest absolute Gasteiger partial charge is 0.289 e. The highest BCUT2D eigenvalue weighted by molar-refractivity contribution is 5.45. The molecule has 0 unspecified atom stereocenters. The normalized spacial score (nSPS) is 13.1. The molecule has 0 N–H and O–H groups in total. The molecule has 0 fully saturated rings. The fourth-order valence-electron chi connectivity index (χ4n) is 1.32. The van der Waals surface area contributed by atoms with Gasteiger partial charge in [-0.3, -0.25) is 4.79 Å². The molecule has 1 nitrogen and oxygen atoms in total. The van der Waals surface area contributed by atoms with Crippen LogP contribution in [0.5, 0.6) is 0 Å². The molecule has 0 radical (unpaired) electrons. The third-order valence-electron chi connectivity index (χ3n) is 1.87. The lowest BCUT2D eigenvalue weighted by Crippen LogP contribution is -2.32. The Balaban J connectivity index is 3.11. The summed E-state index contributed by atoms with van der Waals surface area (Å²) in [5, 5.41) is 1.93. The Labute approximate surface area is 64.3 Å². The minimum Gasteiger partial charge on any atom is -0.289 e. The van der Waals surface area contributed by atoms with E-state index in [1.54, 1.807) is 12.1 Å². The number of fused-ring (bicyclic) bond motifs is 1. The van der Waals surface area contributed by atoms with Gasteiger partial charge < -0.3 is 0 Å². The Bertz CT molecular complexity index is 443. The van der Waals surface area contributed by atoms with Gasteiger partial charge in [-0.25, -0.2) is 0 Å². The van der Waals surface area contributed by atoms with E-state index in [1.807, 2.05) is 18.2 Å². The fraction of sp³-hybridized carbons (Fsp3) is 0.100. The van der Waals surface area contributed by atoms with E-state index in [-0.39, 0.29) is 5.43 Å². The zero-order valence-corrected chi connectivity index (χ0v) is 6.08. The van der Waals surface area contributed by atoms with E-state index in [9.17, 15) is 4.79 Å². The first kappa shape index (κ1) is 6.35. The summed E-state index contributed by atoms with van der Waals surface area (Å²) < 4.78 is 0. The van der Waals surface area contributed by atoms with E-state index >= 15 is 0 Å². The van der Waals surface area contributed by atoms with Crippen LogP contribution < -0.4 is 15.9 Å². The quantitative estimate of drug-likeness (QED) is 0.501. The van der Waals surface area contributed by atoms with Crippen LogP contribution in [0.2, 0.25) is 0 Å². The minimum atomic E-state index is 0.124. The van der Waals surface area contributed by atoms with Crippen molar-refractivity contribution in [1.82, 2.24) is 0 Å². The van der Waals surface area contributed by atoms with E-state index < -0.39 is 0 Å². The maximum Gasteiger partial charge on any atom is 0.186 e. The third-order valence-corrected chi connectivity index (χ3v) is 1.87. The molecule has 54 valence electrons. The summed E-state index contributed by atoms with van der Waals surface area (Å²) in [6.07, 6.45) is 4.93. The van der Waals surface area contributed by atoms with Gasteiger partial charge in [0.25, 0.3) is 0 Å². The molecule has 0 amide bonds. The first-order valence-corrected chi connectivity index (χ1v) is 3.68. The van der Waals surface area contributed by atoms with Crippen molar-refractivity contribution < 1.29 is 0 Å². The summed E-state index contributed by atoms with van der Waals surface area (Å²) in [6, 6.07) is 7.26. The highest BCUT2D eigenvalue weighted by atomic mass is 16.1. The summed E-state index contributed by atoms with van der Waals surface area (Å²) in [5.74, 6) is 0. The van der Waals surface area contributed by atoms with Gasteiger partial charge in [0, 0.05) is 5.22 Å². The van der Waals surface area contributed by atoms with Crippen LogP contribution in [-0.2, 0) is 0 Å². The third kappa shape index (κ3) is 0.984. The second kappa shape index (κ2) is 2.35. The Morgan fingerprint density at radius 1 is 1.09 bits per heavy atom. The van der Waals surface area contributed by atoms with Crippen LogP contribution in [0.3, 0.4) is 0 Å². The molecule has 0 saturated heterocycles. The van der Waals surface area contributed by atoms with Gasteiger partial charge in [-0.2, -0.15) is 0 Å². The molecule has 1 aliphatic rings. The molecular weight excluding hydrogens is 136 g/mol. The average molecular weight is 144 g/mol. The van der Waals surface area contributed by atoms with Crippen LogP contribution in [0.4, 0.5) is 0 Å². The van der Waals surface area contributed by atoms with Gasteiger partial charge >= 0.3 is 0 Å². The summed E-state index contributed by atoms with van der Waals surface area (Å²) in [4.78, 5) is 11.3. The molecule has 1 aromatic rings. The van der Waals surface area contributed by atoms with E-state index in [0.29, 0.717) is 0 Å². The molecule has 0 heterocycles. The minimum absolute atomic E-state index is 0.124. The van der Waals surface area contributed by atoms with Crippen molar-refractivity contribution >= 4 is 12.2 Å². The SMILES string of the molecule is O=c1ccccc2c1=CCC=2. The maximum absolute atomic E-state index is 11.3. The van der Waals surface area contributed by atoms with Gasteiger partial charge in [-0.15, -0.1) is 0 Å². The second-order valence-electron chi connectivity index (χ2n) is 2.60. The molecule has 2 rings (SSSR count). The maximum atomic E-state index is 11.3. The second-order valence-corrected chi connectivity index (χ2v) is 2.60. The monoisotopic (exact) mass is 144 g/mol. The van der Waals surface area contributed by atoms with Gasteiger partial charge in [-0.05, 0) is 17.7 Å². The summed E-state index contributed by atoms with van der Waals surface area (Å²) >= 11 is 0. The molecular formula is C10H8O. The fourth-order valence-corrected chi connectivity index (χ4v) is 1.32. The molecule has 0 bridgehead atoms. The van der Waals surface area contributed by atoms with Crippen molar-refractivity contribution in [1.29, 1.82) is 0 Å². The Morgan fingerprint density at radius 3 is 2.82 bits per heavy atom. The van der Waals surface area contributed by atoms with Crippen LogP contribution in [0.1, 0.15) is 6.42 Å². The smallest absolute Gasteiger partial charge is 0.186 e. The topological polar surface area (TPSA) is 17.1 Å². The van der Waals surface area contributed by atoms with Gasteiger partial charge in [0.1, 0.15) is 0 Å². The van der Waals surface area contributed by atoms with Crippen molar-refractivity contribution in [3.05, 3.63) is 44.9 Å². The molecule has 0 aliphatic heterocycles. The number of rotatable bonds is 0. The van der Waals surface area contributed by atoms with E-state index in [0.717, 1.165) is 16.9 Å². The van der Waals surface area contributed by atoms with Crippen molar-refractivity contribution in [3.63, 3.8) is 0 Å². The summed E-state index contributed by atoms with van der Waals surface area (Å²) in [7, 11) is 0. The Morgan fingerprint density at radius 2 is 1.91 bits per heavy atom. The standard InChI is InChI=1S/C10H8O/c11-10-7-2-1-4-8-5-3-6-9(8)10/h1-2,4-7H,3H2. The van der Waals surface area contributed by atoms with Crippen LogP contribution >= 0.6 is 0 Å². The molecule has 11 heavy (non-hydrogen) atoms. The number of hydrogen-bond donors (Lipinski definition) is 0. The van der Waals surface area contributed by atoms with Crippen molar-refractivity contribution in [3.8, 4) is 0 Å². The highest BCUT2D eigenvalue weighted by Gasteiger charge is 1.92. The lowest BCUT2D eigenvalue weighted by Gasteiger charge is -1.69. The van der Waals surface area contributed by atoms with Crippen LogP contribution in [0, 0.1) is 0 Å². The predicted molar refractivity (Wildman–Crippen MR) is 45.5 cm³/mol. The number of hydrogen-bond acceptors (Lipinski definition) is 1. The van der Waals surface area contributed by atoms with Crippen molar-refractivity contribution in [2.45, 2.75) is 6.42 Å². The lowest BCUT2D eigenvalue weighted by atomic mass is 10.3. The van der Waals surface area contributed by atoms with Gasteiger partial charge in [0.15, 0.2) is 5.43 Å². The first-order chi connectivity index (χ1) is 5.38. The van der Waals surface area contributed by atoms with Crippen molar-refractivity contribution in [2.24, 2.45) is 0 Å². The summed E-state index contributed by atoms with van der Waals surface area (Å²) in [6.45, 7) is 0. The van der Waals surface area contributed by atoms with E-state index in [4.69, 9.17) is 0 Å². The van der Waals surface area contributed by atoms with E-state index in [2.05, 4.69) is 6.08 Å². The Hall–Kier alpha value is -1.37. The van der Waals surface area contributed by atoms with Crippen molar-refractivity contribution in [2.75, 3.05) is 0 Å². The van der Waals surface area contributed by atoms with Gasteiger partial charge in [0.05, 0.1) is 0 Å². The highest BCUT2D eigenvalue weighted by Crippen LogP contribution is 1.84. The summed E-state index contributed by atoms with van der Waals surface area (Å²) in [5.41, 5.74) is 0.124. The molecule has 1 aliphatic carbocycles. The van der Waals surface area contributed by atoms with Crippen LogP contribution in [-0.4, -0.2) is 0 Å².